The number of carbonyl (C=O) groups is 2. The maximum absolute atomic E-state index is 13.5. The van der Waals surface area contributed by atoms with Crippen LogP contribution in [0.15, 0.2) is 24.3 Å². The maximum atomic E-state index is 13.5. The Morgan fingerprint density at radius 3 is 2.13 bits per heavy atom. The Labute approximate surface area is 269 Å². The summed E-state index contributed by atoms with van der Waals surface area (Å²) in [6.45, 7) is 18.0. The van der Waals surface area contributed by atoms with Crippen molar-refractivity contribution in [2.45, 2.75) is 143 Å². The van der Waals surface area contributed by atoms with Crippen molar-refractivity contribution in [3.63, 3.8) is 0 Å². The van der Waals surface area contributed by atoms with Gasteiger partial charge in [0.05, 0.1) is 34.5 Å². The van der Waals surface area contributed by atoms with Crippen molar-refractivity contribution in [3.05, 3.63) is 35.4 Å². The summed E-state index contributed by atoms with van der Waals surface area (Å²) in [4.78, 5) is 25.3. The fourth-order valence-electron chi connectivity index (χ4n) is 12.4. The van der Waals surface area contributed by atoms with E-state index in [4.69, 9.17) is 4.74 Å². The Bertz CT molecular complexity index is 1350. The van der Waals surface area contributed by atoms with Gasteiger partial charge in [0.1, 0.15) is 0 Å². The SMILES string of the molecule is CC(C)(O)[C@H]1CC[C@@](C)([C@H]2CC[C@]3(C)[C@@H]2[C@H](O)C[C@@H]2[C@@]4(C)CC[C@H](NC(=O)c5ccccc5C(=O)O)C(C)(C)[C@@H]4CC[C@]23C)O1. The lowest BCUT2D eigenvalue weighted by Crippen LogP contribution is -2.67. The molecule has 250 valence electrons. The van der Waals surface area contributed by atoms with Crippen molar-refractivity contribution < 1.29 is 29.6 Å². The van der Waals surface area contributed by atoms with Crippen molar-refractivity contribution in [1.82, 2.24) is 5.32 Å². The second kappa shape index (κ2) is 10.5. The summed E-state index contributed by atoms with van der Waals surface area (Å²) < 4.78 is 6.71. The monoisotopic (exact) mass is 623 g/mol. The highest BCUT2D eigenvalue weighted by atomic mass is 16.5. The first kappa shape index (κ1) is 33.0. The van der Waals surface area contributed by atoms with Gasteiger partial charge in [-0.1, -0.05) is 46.8 Å². The van der Waals surface area contributed by atoms with Crippen LogP contribution in [0.1, 0.15) is 134 Å². The van der Waals surface area contributed by atoms with Crippen molar-refractivity contribution in [2.75, 3.05) is 0 Å². The van der Waals surface area contributed by atoms with Gasteiger partial charge in [0.15, 0.2) is 0 Å². The molecule has 45 heavy (non-hydrogen) atoms. The molecular weight excluding hydrogens is 566 g/mol. The molecule has 0 radical (unpaired) electrons. The molecule has 1 aliphatic heterocycles. The average molecular weight is 624 g/mol. The third-order valence-electron chi connectivity index (χ3n) is 15.0. The van der Waals surface area contributed by atoms with Crippen LogP contribution < -0.4 is 5.32 Å². The van der Waals surface area contributed by atoms with Crippen LogP contribution in [0.5, 0.6) is 0 Å². The molecule has 7 heteroatoms. The van der Waals surface area contributed by atoms with E-state index in [0.717, 1.165) is 57.8 Å². The molecule has 0 unspecified atom stereocenters. The number of carboxylic acid groups (broad SMARTS) is 1. The van der Waals surface area contributed by atoms with Gasteiger partial charge in [-0.3, -0.25) is 4.79 Å². The quantitative estimate of drug-likeness (QED) is 0.285. The number of nitrogens with one attached hydrogen (secondary N) is 1. The molecule has 4 N–H and O–H groups in total. The average Bonchev–Trinajstić information content (AvgIpc) is 3.54. The Morgan fingerprint density at radius 2 is 1.51 bits per heavy atom. The molecule has 0 spiro atoms. The smallest absolute Gasteiger partial charge is 0.336 e. The summed E-state index contributed by atoms with van der Waals surface area (Å²) in [5, 5.41) is 35.9. The van der Waals surface area contributed by atoms with Crippen LogP contribution in [-0.2, 0) is 4.74 Å². The van der Waals surface area contributed by atoms with Crippen LogP contribution >= 0.6 is 0 Å². The van der Waals surface area contributed by atoms with Gasteiger partial charge in [0, 0.05) is 6.04 Å². The number of benzene rings is 1. The van der Waals surface area contributed by atoms with Crippen molar-refractivity contribution in [1.29, 1.82) is 0 Å². The van der Waals surface area contributed by atoms with Crippen LogP contribution in [0.2, 0.25) is 0 Å². The summed E-state index contributed by atoms with van der Waals surface area (Å²) in [5.41, 5.74) is -1.08. The minimum Gasteiger partial charge on any atom is -0.478 e. The maximum Gasteiger partial charge on any atom is 0.336 e. The number of amides is 1. The third kappa shape index (κ3) is 4.76. The molecule has 1 aromatic rings. The van der Waals surface area contributed by atoms with Gasteiger partial charge in [-0.15, -0.1) is 0 Å². The molecule has 4 saturated carbocycles. The highest BCUT2D eigenvalue weighted by Crippen LogP contribution is 2.76. The van der Waals surface area contributed by atoms with Gasteiger partial charge in [-0.05, 0) is 136 Å². The molecule has 1 amide bonds. The van der Waals surface area contributed by atoms with Crippen molar-refractivity contribution >= 4 is 11.9 Å². The van der Waals surface area contributed by atoms with Crippen molar-refractivity contribution in [2.24, 2.45) is 45.3 Å². The van der Waals surface area contributed by atoms with Gasteiger partial charge in [0.2, 0.25) is 0 Å². The predicted octanol–water partition coefficient (Wildman–Crippen LogP) is 6.85. The first-order valence-corrected chi connectivity index (χ1v) is 17.5. The molecule has 6 rings (SSSR count). The summed E-state index contributed by atoms with van der Waals surface area (Å²) in [6.07, 6.45) is 8.10. The fraction of sp³-hybridized carbons (Fsp3) is 0.789. The molecule has 1 saturated heterocycles. The van der Waals surface area contributed by atoms with E-state index >= 15 is 0 Å². The minimum absolute atomic E-state index is 0.0110. The lowest BCUT2D eigenvalue weighted by molar-refractivity contribution is -0.240. The number of hydrogen-bond donors (Lipinski definition) is 4. The predicted molar refractivity (Wildman–Crippen MR) is 174 cm³/mol. The lowest BCUT2D eigenvalue weighted by atomic mass is 9.35. The summed E-state index contributed by atoms with van der Waals surface area (Å²) in [6, 6.07) is 6.39. The molecule has 5 fully saturated rings. The molecule has 1 heterocycles. The van der Waals surface area contributed by atoms with Crippen molar-refractivity contribution in [3.8, 4) is 0 Å². The zero-order valence-electron chi connectivity index (χ0n) is 28.8. The van der Waals surface area contributed by atoms with Gasteiger partial charge in [0.25, 0.3) is 5.91 Å². The van der Waals surface area contributed by atoms with Gasteiger partial charge in [-0.2, -0.15) is 0 Å². The zero-order chi connectivity index (χ0) is 33.0. The molecule has 0 bridgehead atoms. The van der Waals surface area contributed by atoms with E-state index in [-0.39, 0.29) is 68.3 Å². The standard InChI is InChI=1S/C38H57NO6/c1-33(2)26-14-19-36(6)27(35(26,5)17-15-28(33)39-31(41)22-11-9-10-12-23(22)32(42)43)21-25(40)30-24(13-18-37(30,36)7)38(8)20-16-29(45-38)34(3,4)44/h9-12,24-30,40,44H,13-21H2,1-8H3,(H,39,41)(H,42,43)/t24-,25+,26-,27+,28-,29+,30-,35-,36+,37+,38-/m0/s1. The first-order valence-electron chi connectivity index (χ1n) is 17.5. The lowest BCUT2D eigenvalue weighted by Gasteiger charge is -2.71. The molecule has 7 nitrogen and oxygen atoms in total. The van der Waals surface area contributed by atoms with E-state index in [9.17, 15) is 24.9 Å². The second-order valence-electron chi connectivity index (χ2n) is 17.8. The van der Waals surface area contributed by atoms with E-state index in [1.54, 1.807) is 18.2 Å². The third-order valence-corrected chi connectivity index (χ3v) is 15.0. The zero-order valence-corrected chi connectivity index (χ0v) is 28.8. The number of hydrogen-bond acceptors (Lipinski definition) is 5. The fourth-order valence-corrected chi connectivity index (χ4v) is 12.4. The van der Waals surface area contributed by atoms with Gasteiger partial charge < -0.3 is 25.4 Å². The van der Waals surface area contributed by atoms with E-state index in [1.807, 2.05) is 13.8 Å². The van der Waals surface area contributed by atoms with Crippen LogP contribution in [0.4, 0.5) is 0 Å². The number of aromatic carboxylic acids is 1. The van der Waals surface area contributed by atoms with Crippen LogP contribution in [0.25, 0.3) is 0 Å². The number of rotatable bonds is 5. The Hall–Kier alpha value is -1.96. The van der Waals surface area contributed by atoms with E-state index in [1.165, 1.54) is 6.07 Å². The number of aliphatic hydroxyl groups is 2. The summed E-state index contributed by atoms with van der Waals surface area (Å²) in [5.74, 6) is -0.240. The normalized spacial score (nSPS) is 45.7. The Balaban J connectivity index is 1.25. The largest absolute Gasteiger partial charge is 0.478 e. The van der Waals surface area contributed by atoms with E-state index in [2.05, 4.69) is 46.9 Å². The van der Waals surface area contributed by atoms with Crippen LogP contribution in [-0.4, -0.2) is 56.6 Å². The number of carboxylic acids is 1. The summed E-state index contributed by atoms with van der Waals surface area (Å²) in [7, 11) is 0. The van der Waals surface area contributed by atoms with E-state index < -0.39 is 17.7 Å². The number of ether oxygens (including phenoxy) is 1. The number of aliphatic hydroxyl groups excluding tert-OH is 1. The van der Waals surface area contributed by atoms with Gasteiger partial charge in [-0.25, -0.2) is 4.79 Å². The first-order chi connectivity index (χ1) is 20.8. The Morgan fingerprint density at radius 1 is 0.867 bits per heavy atom. The minimum atomic E-state index is -1.09. The van der Waals surface area contributed by atoms with Crippen LogP contribution in [0, 0.1) is 45.3 Å². The number of carbonyl (C=O) groups excluding carboxylic acids is 1. The molecule has 1 aromatic carbocycles. The highest BCUT2D eigenvalue weighted by Gasteiger charge is 2.72. The number of fused-ring (bicyclic) bond motifs is 5. The molecule has 4 aliphatic carbocycles. The van der Waals surface area contributed by atoms with Crippen LogP contribution in [0.3, 0.4) is 0 Å². The molecule has 11 atom stereocenters. The summed E-state index contributed by atoms with van der Waals surface area (Å²) >= 11 is 0. The van der Waals surface area contributed by atoms with Gasteiger partial charge >= 0.3 is 5.97 Å². The molecular formula is C38H57NO6. The highest BCUT2D eigenvalue weighted by molar-refractivity contribution is 6.04. The molecule has 0 aromatic heterocycles. The Kier molecular flexibility index (Phi) is 7.71. The topological polar surface area (TPSA) is 116 Å². The molecule has 5 aliphatic rings. The second-order valence-corrected chi connectivity index (χ2v) is 17.8. The van der Waals surface area contributed by atoms with E-state index in [0.29, 0.717) is 11.8 Å².